The van der Waals surface area contributed by atoms with E-state index in [0.717, 1.165) is 22.5 Å². The van der Waals surface area contributed by atoms with E-state index >= 15 is 0 Å². The van der Waals surface area contributed by atoms with E-state index < -0.39 is 0 Å². The molecule has 2 aromatic heterocycles. The van der Waals surface area contributed by atoms with Gasteiger partial charge < -0.3 is 11.1 Å². The number of nitrogens with zero attached hydrogens (tertiary/aromatic N) is 3. The van der Waals surface area contributed by atoms with Crippen LogP contribution >= 0.6 is 0 Å². The van der Waals surface area contributed by atoms with E-state index in [4.69, 9.17) is 5.73 Å². The van der Waals surface area contributed by atoms with Gasteiger partial charge in [-0.05, 0) is 42.0 Å². The van der Waals surface area contributed by atoms with E-state index in [1.165, 1.54) is 0 Å². The lowest BCUT2D eigenvalue weighted by Gasteiger charge is -2.09. The third-order valence-electron chi connectivity index (χ3n) is 5.79. The van der Waals surface area contributed by atoms with Crippen LogP contribution < -0.4 is 16.4 Å². The Morgan fingerprint density at radius 3 is 2.41 bits per heavy atom. The molecule has 9 heteroatoms. The number of carbonyl (C=O) groups is 2. The van der Waals surface area contributed by atoms with Gasteiger partial charge in [-0.15, -0.1) is 0 Å². The predicted molar refractivity (Wildman–Crippen MR) is 143 cm³/mol. The van der Waals surface area contributed by atoms with E-state index in [0.29, 0.717) is 29.4 Å². The number of imidazole rings is 1. The predicted octanol–water partition coefficient (Wildman–Crippen LogP) is 4.67. The van der Waals surface area contributed by atoms with Crippen LogP contribution in [-0.2, 0) is 11.2 Å². The van der Waals surface area contributed by atoms with Gasteiger partial charge in [-0.1, -0.05) is 48.5 Å². The van der Waals surface area contributed by atoms with Gasteiger partial charge in [0.15, 0.2) is 0 Å². The number of aromatic amines is 1. The number of hydrogen-bond acceptors (Lipinski definition) is 5. The van der Waals surface area contributed by atoms with Crippen molar-refractivity contribution in [3.63, 3.8) is 0 Å². The number of benzene rings is 3. The highest BCUT2D eigenvalue weighted by atomic mass is 16.2. The molecule has 2 amide bonds. The molecule has 37 heavy (non-hydrogen) atoms. The molecule has 0 saturated carbocycles. The van der Waals surface area contributed by atoms with Gasteiger partial charge in [0.1, 0.15) is 5.82 Å². The van der Waals surface area contributed by atoms with Crippen LogP contribution in [0.5, 0.6) is 0 Å². The van der Waals surface area contributed by atoms with Gasteiger partial charge in [0.05, 0.1) is 11.9 Å². The number of H-pyrrole nitrogens is 1. The van der Waals surface area contributed by atoms with Gasteiger partial charge in [-0.2, -0.15) is 5.10 Å². The largest absolute Gasteiger partial charge is 0.384 e. The second-order valence-electron chi connectivity index (χ2n) is 8.41. The molecule has 5 aromatic rings. The van der Waals surface area contributed by atoms with Crippen LogP contribution in [0.4, 0.5) is 17.5 Å². The molecule has 5 rings (SSSR count). The Morgan fingerprint density at radius 1 is 0.919 bits per heavy atom. The van der Waals surface area contributed by atoms with Crippen molar-refractivity contribution in [3.05, 3.63) is 109 Å². The van der Waals surface area contributed by atoms with Gasteiger partial charge >= 0.3 is 0 Å². The molecule has 0 aliphatic rings. The molecule has 0 unspecified atom stereocenters. The first-order valence-corrected chi connectivity index (χ1v) is 11.8. The second-order valence-corrected chi connectivity index (χ2v) is 8.41. The van der Waals surface area contributed by atoms with Crippen LogP contribution in [0.3, 0.4) is 0 Å². The average molecular weight is 492 g/mol. The van der Waals surface area contributed by atoms with Crippen molar-refractivity contribution in [3.8, 4) is 16.8 Å². The Labute approximate surface area is 213 Å². The second kappa shape index (κ2) is 10.6. The number of rotatable bonds is 8. The maximum absolute atomic E-state index is 13.2. The zero-order valence-electron chi connectivity index (χ0n) is 19.9. The van der Waals surface area contributed by atoms with E-state index in [1.807, 2.05) is 72.9 Å². The number of carbonyl (C=O) groups excluding carboxylic acids is 2. The van der Waals surface area contributed by atoms with Crippen LogP contribution in [0.25, 0.3) is 16.8 Å². The van der Waals surface area contributed by atoms with Gasteiger partial charge in [0, 0.05) is 41.5 Å². The molecule has 5 N–H and O–H groups in total. The van der Waals surface area contributed by atoms with Crippen molar-refractivity contribution < 1.29 is 9.59 Å². The number of anilines is 3. The molecule has 0 radical (unpaired) electrons. The maximum atomic E-state index is 13.2. The topological polar surface area (TPSA) is 131 Å². The van der Waals surface area contributed by atoms with Gasteiger partial charge in [-0.25, -0.2) is 4.98 Å². The first kappa shape index (κ1) is 23.6. The average Bonchev–Trinajstić information content (AvgIpc) is 3.54. The lowest BCUT2D eigenvalue weighted by atomic mass is 10.1. The summed E-state index contributed by atoms with van der Waals surface area (Å²) < 4.78 is 1.81. The van der Waals surface area contributed by atoms with Crippen LogP contribution in [-0.4, -0.2) is 31.6 Å². The molecule has 0 atom stereocenters. The molecule has 3 aromatic carbocycles. The van der Waals surface area contributed by atoms with Crippen molar-refractivity contribution in [2.75, 3.05) is 16.4 Å². The van der Waals surface area contributed by atoms with E-state index in [1.54, 1.807) is 29.0 Å². The number of aromatic nitrogens is 4. The Kier molecular flexibility index (Phi) is 6.76. The zero-order chi connectivity index (χ0) is 25.6. The molecular weight excluding hydrogens is 466 g/mol. The summed E-state index contributed by atoms with van der Waals surface area (Å²) in [5.74, 6) is 0.363. The number of aryl methyl sites for hydroxylation is 1. The fourth-order valence-electron chi connectivity index (χ4n) is 3.94. The minimum absolute atomic E-state index is 0.110. The lowest BCUT2D eigenvalue weighted by molar-refractivity contribution is -0.116. The molecule has 0 aliphatic carbocycles. The summed E-state index contributed by atoms with van der Waals surface area (Å²) >= 11 is 0. The van der Waals surface area contributed by atoms with Crippen LogP contribution in [0.2, 0.25) is 0 Å². The SMILES string of the molecule is Nc1[nH]ncc1-c1cccc(C(=O)Nc2nc(CCC(=O)Nc3ccccc3)cn2-c2ccccc2)c1. The van der Waals surface area contributed by atoms with Crippen molar-refractivity contribution >= 4 is 29.3 Å². The third kappa shape index (κ3) is 5.57. The number of para-hydroxylation sites is 2. The highest BCUT2D eigenvalue weighted by molar-refractivity contribution is 6.04. The quantitative estimate of drug-likeness (QED) is 0.251. The molecule has 0 fully saturated rings. The molecule has 0 spiro atoms. The van der Waals surface area contributed by atoms with Gasteiger partial charge in [-0.3, -0.25) is 24.6 Å². The first-order valence-electron chi connectivity index (χ1n) is 11.8. The monoisotopic (exact) mass is 491 g/mol. The summed E-state index contributed by atoms with van der Waals surface area (Å²) in [5, 5.41) is 12.5. The van der Waals surface area contributed by atoms with Crippen molar-refractivity contribution in [2.45, 2.75) is 12.8 Å². The number of hydrogen-bond donors (Lipinski definition) is 4. The normalized spacial score (nSPS) is 10.7. The Morgan fingerprint density at radius 2 is 1.68 bits per heavy atom. The summed E-state index contributed by atoms with van der Waals surface area (Å²) in [5.41, 5.74) is 10.1. The molecule has 2 heterocycles. The molecule has 0 bridgehead atoms. The minimum Gasteiger partial charge on any atom is -0.384 e. The number of nitrogens with two attached hydrogens (primary N) is 1. The Bertz CT molecular complexity index is 1520. The highest BCUT2D eigenvalue weighted by Crippen LogP contribution is 2.25. The Hall–Kier alpha value is -5.18. The lowest BCUT2D eigenvalue weighted by Crippen LogP contribution is -2.15. The van der Waals surface area contributed by atoms with Crippen LogP contribution in [0.1, 0.15) is 22.5 Å². The molecule has 0 aliphatic heterocycles. The fraction of sp³-hybridized carbons (Fsp3) is 0.0714. The van der Waals surface area contributed by atoms with E-state index in [9.17, 15) is 9.59 Å². The van der Waals surface area contributed by atoms with Gasteiger partial charge in [0.2, 0.25) is 11.9 Å². The van der Waals surface area contributed by atoms with Crippen LogP contribution in [0.15, 0.2) is 97.3 Å². The standard InChI is InChI=1S/C28H25N7O2/c29-26-24(17-30-34-26)19-8-7-9-20(16-19)27(37)33-28-32-22(18-35(28)23-12-5-2-6-13-23)14-15-25(36)31-21-10-3-1-4-11-21/h1-13,16-18H,14-15H2,(H,31,36)(H3,29,30,34)(H,32,33,37). The third-order valence-corrected chi connectivity index (χ3v) is 5.79. The minimum atomic E-state index is -0.319. The maximum Gasteiger partial charge on any atom is 0.258 e. The summed E-state index contributed by atoms with van der Waals surface area (Å²) in [6.07, 6.45) is 4.12. The number of amides is 2. The Balaban J connectivity index is 1.35. The van der Waals surface area contributed by atoms with E-state index in [2.05, 4.69) is 25.8 Å². The summed E-state index contributed by atoms with van der Waals surface area (Å²) in [7, 11) is 0. The van der Waals surface area contributed by atoms with Crippen LogP contribution in [0, 0.1) is 0 Å². The molecule has 9 nitrogen and oxygen atoms in total. The summed E-state index contributed by atoms with van der Waals surface area (Å²) in [4.78, 5) is 30.3. The van der Waals surface area contributed by atoms with Crippen molar-refractivity contribution in [1.29, 1.82) is 0 Å². The number of nitrogens with one attached hydrogen (secondary N) is 3. The molecule has 184 valence electrons. The van der Waals surface area contributed by atoms with E-state index in [-0.39, 0.29) is 18.2 Å². The number of nitrogen functional groups attached to an aromatic ring is 1. The highest BCUT2D eigenvalue weighted by Gasteiger charge is 2.16. The summed E-state index contributed by atoms with van der Waals surface area (Å²) in [6.45, 7) is 0. The summed E-state index contributed by atoms with van der Waals surface area (Å²) in [6, 6.07) is 26.0. The fourth-order valence-corrected chi connectivity index (χ4v) is 3.94. The zero-order valence-corrected chi connectivity index (χ0v) is 19.9. The smallest absolute Gasteiger partial charge is 0.258 e. The molecule has 0 saturated heterocycles. The van der Waals surface area contributed by atoms with Crippen molar-refractivity contribution in [1.82, 2.24) is 19.7 Å². The van der Waals surface area contributed by atoms with Gasteiger partial charge in [0.25, 0.3) is 5.91 Å². The van der Waals surface area contributed by atoms with Crippen molar-refractivity contribution in [2.24, 2.45) is 0 Å². The first-order chi connectivity index (χ1) is 18.1. The molecular formula is C28H25N7O2.